The number of para-hydroxylation sites is 1. The summed E-state index contributed by atoms with van der Waals surface area (Å²) in [5.41, 5.74) is 1.91. The van der Waals surface area contributed by atoms with Crippen molar-refractivity contribution in [2.45, 2.75) is 11.2 Å². The van der Waals surface area contributed by atoms with E-state index in [0.717, 1.165) is 5.41 Å². The van der Waals surface area contributed by atoms with Crippen LogP contribution in [0.25, 0.3) is 0 Å². The van der Waals surface area contributed by atoms with E-state index in [1.165, 1.54) is 17.6 Å². The highest BCUT2D eigenvalue weighted by atomic mass is 32.2. The van der Waals surface area contributed by atoms with Gasteiger partial charge in [0.15, 0.2) is 9.84 Å². The molecule has 7 heteroatoms. The minimum Gasteiger partial charge on any atom is -0.457 e. The summed E-state index contributed by atoms with van der Waals surface area (Å²) in [7, 11) is -3.80. The molecule has 0 bridgehead atoms. The Morgan fingerprint density at radius 1 is 1.00 bits per heavy atom. The van der Waals surface area contributed by atoms with Crippen molar-refractivity contribution in [1.29, 1.82) is 0 Å². The normalized spacial score (nSPS) is 20.5. The lowest BCUT2D eigenvalue weighted by atomic mass is 9.93. The van der Waals surface area contributed by atoms with Crippen LogP contribution >= 0.6 is 0 Å². The number of carbonyl (C=O) groups excluding carboxylic acids is 1. The van der Waals surface area contributed by atoms with Crippen LogP contribution in [0.15, 0.2) is 78.2 Å². The van der Waals surface area contributed by atoms with Crippen molar-refractivity contribution in [2.75, 3.05) is 0 Å². The van der Waals surface area contributed by atoms with Crippen molar-refractivity contribution < 1.29 is 23.2 Å². The highest BCUT2D eigenvalue weighted by molar-refractivity contribution is 7.95. The van der Waals surface area contributed by atoms with Gasteiger partial charge in [0.05, 0.1) is 6.42 Å². The van der Waals surface area contributed by atoms with Crippen LogP contribution in [0.1, 0.15) is 12.0 Å². The number of carbonyl (C=O) groups is 1. The lowest BCUT2D eigenvalue weighted by molar-refractivity contribution is -0.129. The van der Waals surface area contributed by atoms with Gasteiger partial charge in [-0.1, -0.05) is 48.6 Å². The van der Waals surface area contributed by atoms with E-state index in [1.807, 2.05) is 18.2 Å². The number of amides is 1. The molecule has 6 nitrogen and oxygen atoms in total. The lowest BCUT2D eigenvalue weighted by Crippen LogP contribution is -2.39. The van der Waals surface area contributed by atoms with Gasteiger partial charge in [-0.05, 0) is 29.8 Å². The first-order chi connectivity index (χ1) is 12.5. The summed E-state index contributed by atoms with van der Waals surface area (Å²) in [6, 6.07) is 15.7. The van der Waals surface area contributed by atoms with Crippen LogP contribution in [-0.2, 0) is 19.4 Å². The molecule has 26 heavy (non-hydrogen) atoms. The van der Waals surface area contributed by atoms with E-state index in [-0.39, 0.29) is 0 Å². The van der Waals surface area contributed by atoms with Gasteiger partial charge in [-0.3, -0.25) is 10.0 Å². The Labute approximate surface area is 151 Å². The van der Waals surface area contributed by atoms with E-state index in [4.69, 9.17) is 9.94 Å². The smallest absolute Gasteiger partial charge is 0.245 e. The third-order valence-electron chi connectivity index (χ3n) is 4.11. The molecule has 3 rings (SSSR count). The van der Waals surface area contributed by atoms with Crippen LogP contribution in [0.4, 0.5) is 0 Å². The first kappa shape index (κ1) is 17.9. The Kier molecular flexibility index (Phi) is 4.92. The first-order valence-corrected chi connectivity index (χ1v) is 9.38. The number of nitrogens with one attached hydrogen (secondary N) is 1. The summed E-state index contributed by atoms with van der Waals surface area (Å²) in [5.74, 6) is 0.398. The quantitative estimate of drug-likeness (QED) is 0.622. The molecule has 1 aliphatic rings. The molecule has 0 spiro atoms. The highest BCUT2D eigenvalue weighted by Gasteiger charge is 2.44. The summed E-state index contributed by atoms with van der Waals surface area (Å²) >= 11 is 0. The van der Waals surface area contributed by atoms with Gasteiger partial charge in [-0.15, -0.1) is 0 Å². The molecule has 0 saturated heterocycles. The Balaban J connectivity index is 1.96. The fourth-order valence-electron chi connectivity index (χ4n) is 2.81. The maximum atomic E-state index is 12.7. The Bertz CT molecular complexity index is 949. The van der Waals surface area contributed by atoms with Gasteiger partial charge in [0.25, 0.3) is 0 Å². The second kappa shape index (κ2) is 7.15. The minimum absolute atomic E-state index is 0.405. The second-order valence-corrected chi connectivity index (χ2v) is 7.86. The zero-order chi connectivity index (χ0) is 18.6. The standard InChI is InChI=1S/C19H17NO5S/c21-18(20-22)14-19(12-4-5-13-26(19,23)24)15-8-10-17(11-9-15)25-16-6-2-1-3-7-16/h1-13,22H,14H2,(H,20,21). The number of hydrogen-bond donors (Lipinski definition) is 2. The molecule has 0 aromatic heterocycles. The average molecular weight is 371 g/mol. The van der Waals surface area contributed by atoms with Gasteiger partial charge in [-0.25, -0.2) is 13.9 Å². The Morgan fingerprint density at radius 3 is 2.27 bits per heavy atom. The molecule has 1 aliphatic heterocycles. The lowest BCUT2D eigenvalue weighted by Gasteiger charge is -2.30. The summed E-state index contributed by atoms with van der Waals surface area (Å²) in [6.45, 7) is 0. The van der Waals surface area contributed by atoms with E-state index < -0.39 is 26.9 Å². The number of hydroxylamine groups is 1. The van der Waals surface area contributed by atoms with Crippen LogP contribution in [0.2, 0.25) is 0 Å². The Hall–Kier alpha value is -2.90. The molecular weight excluding hydrogens is 354 g/mol. The van der Waals surface area contributed by atoms with Crippen molar-refractivity contribution in [3.8, 4) is 11.5 Å². The van der Waals surface area contributed by atoms with Crippen molar-refractivity contribution in [1.82, 2.24) is 5.48 Å². The van der Waals surface area contributed by atoms with E-state index in [9.17, 15) is 13.2 Å². The predicted octanol–water partition coefficient (Wildman–Crippen LogP) is 3.07. The zero-order valence-electron chi connectivity index (χ0n) is 13.7. The number of allylic oxidation sites excluding steroid dienone is 2. The molecule has 0 saturated carbocycles. The number of sulfone groups is 1. The fourth-order valence-corrected chi connectivity index (χ4v) is 4.41. The summed E-state index contributed by atoms with van der Waals surface area (Å²) < 4.78 is 29.5. The van der Waals surface area contributed by atoms with Gasteiger partial charge in [-0.2, -0.15) is 0 Å². The van der Waals surface area contributed by atoms with Crippen LogP contribution in [0.5, 0.6) is 11.5 Å². The fraction of sp³-hybridized carbons (Fsp3) is 0.105. The molecule has 2 aromatic carbocycles. The van der Waals surface area contributed by atoms with Crippen LogP contribution in [0.3, 0.4) is 0 Å². The predicted molar refractivity (Wildman–Crippen MR) is 96.4 cm³/mol. The van der Waals surface area contributed by atoms with Gasteiger partial charge < -0.3 is 4.74 Å². The summed E-state index contributed by atoms with van der Waals surface area (Å²) in [5, 5.41) is 9.91. The van der Waals surface area contributed by atoms with Crippen LogP contribution in [-0.4, -0.2) is 19.5 Å². The number of benzene rings is 2. The summed E-state index contributed by atoms with van der Waals surface area (Å²) in [6.07, 6.45) is 3.98. The first-order valence-electron chi connectivity index (χ1n) is 7.84. The molecule has 2 N–H and O–H groups in total. The maximum Gasteiger partial charge on any atom is 0.245 e. The van der Waals surface area contributed by atoms with Crippen molar-refractivity contribution >= 4 is 15.7 Å². The Morgan fingerprint density at radius 2 is 1.65 bits per heavy atom. The maximum absolute atomic E-state index is 12.7. The van der Waals surface area contributed by atoms with Crippen molar-refractivity contribution in [3.05, 3.63) is 83.8 Å². The van der Waals surface area contributed by atoms with Crippen molar-refractivity contribution in [3.63, 3.8) is 0 Å². The molecule has 1 atom stereocenters. The van der Waals surface area contributed by atoms with Crippen molar-refractivity contribution in [2.24, 2.45) is 0 Å². The van der Waals surface area contributed by atoms with Crippen LogP contribution in [0, 0.1) is 0 Å². The average Bonchev–Trinajstić information content (AvgIpc) is 2.65. The molecular formula is C19H17NO5S. The topological polar surface area (TPSA) is 92.7 Å². The largest absolute Gasteiger partial charge is 0.457 e. The zero-order valence-corrected chi connectivity index (χ0v) is 14.5. The van der Waals surface area contributed by atoms with Gasteiger partial charge in [0.1, 0.15) is 16.2 Å². The number of ether oxygens (including phenoxy) is 1. The summed E-state index contributed by atoms with van der Waals surface area (Å²) in [4.78, 5) is 11.7. The van der Waals surface area contributed by atoms with Crippen LogP contribution < -0.4 is 10.2 Å². The van der Waals surface area contributed by atoms with E-state index in [2.05, 4.69) is 0 Å². The molecule has 1 heterocycles. The monoisotopic (exact) mass is 371 g/mol. The van der Waals surface area contributed by atoms with E-state index in [0.29, 0.717) is 17.1 Å². The molecule has 2 aromatic rings. The molecule has 0 aliphatic carbocycles. The van der Waals surface area contributed by atoms with E-state index in [1.54, 1.807) is 42.5 Å². The molecule has 134 valence electrons. The van der Waals surface area contributed by atoms with Gasteiger partial charge >= 0.3 is 0 Å². The molecule has 0 radical (unpaired) electrons. The minimum atomic E-state index is -3.80. The second-order valence-electron chi connectivity index (χ2n) is 5.77. The van der Waals surface area contributed by atoms with Gasteiger partial charge in [0.2, 0.25) is 5.91 Å². The number of hydrogen-bond acceptors (Lipinski definition) is 5. The highest BCUT2D eigenvalue weighted by Crippen LogP contribution is 2.40. The third-order valence-corrected chi connectivity index (χ3v) is 6.16. The SMILES string of the molecule is O=C(CC1(c2ccc(Oc3ccccc3)cc2)C=CC=CS1(=O)=O)NO. The molecule has 1 unspecified atom stereocenters. The van der Waals surface area contributed by atoms with E-state index >= 15 is 0 Å². The van der Waals surface area contributed by atoms with Gasteiger partial charge in [0, 0.05) is 5.41 Å². The molecule has 1 amide bonds. The molecule has 0 fully saturated rings. The third kappa shape index (κ3) is 3.40. The number of rotatable bonds is 5.